The molecule has 6 nitrogen and oxygen atoms in total. The van der Waals surface area contributed by atoms with Gasteiger partial charge in [0.05, 0.1) is 25.7 Å². The number of hydrogen-bond acceptors (Lipinski definition) is 6. The summed E-state index contributed by atoms with van der Waals surface area (Å²) >= 11 is 0. The summed E-state index contributed by atoms with van der Waals surface area (Å²) in [5.41, 5.74) is -0.604. The highest BCUT2D eigenvalue weighted by Gasteiger charge is 2.45. The highest BCUT2D eigenvalue weighted by Crippen LogP contribution is 2.35. The molecule has 1 aliphatic heterocycles. The first-order chi connectivity index (χ1) is 11.0. The zero-order chi connectivity index (χ0) is 18.5. The van der Waals surface area contributed by atoms with Crippen molar-refractivity contribution in [2.75, 3.05) is 13.2 Å². The molecule has 1 fully saturated rings. The first-order valence-electron chi connectivity index (χ1n) is 8.70. The number of hydrogen-bond donors (Lipinski definition) is 1. The Hall–Kier alpha value is -0.980. The van der Waals surface area contributed by atoms with Crippen molar-refractivity contribution in [1.29, 1.82) is 0 Å². The third kappa shape index (κ3) is 6.15. The van der Waals surface area contributed by atoms with Crippen molar-refractivity contribution in [2.45, 2.75) is 78.3 Å². The van der Waals surface area contributed by atoms with Gasteiger partial charge in [-0.05, 0) is 26.7 Å². The minimum absolute atomic E-state index is 0.0566. The van der Waals surface area contributed by atoms with E-state index in [1.54, 1.807) is 27.7 Å². The molecule has 6 heteroatoms. The van der Waals surface area contributed by atoms with E-state index in [0.29, 0.717) is 19.6 Å². The molecule has 0 aliphatic carbocycles. The molecular weight excluding hydrogens is 312 g/mol. The van der Waals surface area contributed by atoms with Gasteiger partial charge < -0.3 is 19.3 Å². The monoisotopic (exact) mass is 344 g/mol. The second kappa shape index (κ2) is 8.41. The van der Waals surface area contributed by atoms with Crippen molar-refractivity contribution in [3.05, 3.63) is 0 Å². The van der Waals surface area contributed by atoms with E-state index in [-0.39, 0.29) is 24.5 Å². The van der Waals surface area contributed by atoms with Gasteiger partial charge in [0, 0.05) is 18.8 Å². The van der Waals surface area contributed by atoms with Gasteiger partial charge in [0.1, 0.15) is 11.4 Å². The standard InChI is InChI=1S/C18H32O6/c1-7-14(19)13(16(21)12(2)3)10-18(22-8-9-23-18)11-15(20)24-17(4,5)6/h12-13,16,21H,7-11H2,1-6H3/t13-,16+/m1/s1. The Kier molecular flexibility index (Phi) is 7.38. The normalized spacial score (nSPS) is 20.0. The van der Waals surface area contributed by atoms with Crippen molar-refractivity contribution >= 4 is 11.8 Å². The van der Waals surface area contributed by atoms with Crippen LogP contribution in [0.2, 0.25) is 0 Å². The van der Waals surface area contributed by atoms with Gasteiger partial charge in [0.15, 0.2) is 5.79 Å². The Balaban J connectivity index is 2.92. The smallest absolute Gasteiger partial charge is 0.311 e. The summed E-state index contributed by atoms with van der Waals surface area (Å²) in [6, 6.07) is 0. The number of rotatable bonds is 8. The van der Waals surface area contributed by atoms with Crippen molar-refractivity contribution in [3.8, 4) is 0 Å². The lowest BCUT2D eigenvalue weighted by Gasteiger charge is -2.34. The molecule has 0 bridgehead atoms. The fourth-order valence-corrected chi connectivity index (χ4v) is 2.87. The molecule has 140 valence electrons. The Labute approximate surface area is 144 Å². The largest absolute Gasteiger partial charge is 0.460 e. The molecule has 0 spiro atoms. The molecule has 0 radical (unpaired) electrons. The topological polar surface area (TPSA) is 82.1 Å². The second-order valence-corrected chi connectivity index (χ2v) is 7.74. The van der Waals surface area contributed by atoms with Gasteiger partial charge in [-0.1, -0.05) is 20.8 Å². The van der Waals surface area contributed by atoms with E-state index in [4.69, 9.17) is 14.2 Å². The molecule has 1 N–H and O–H groups in total. The zero-order valence-corrected chi connectivity index (χ0v) is 15.8. The summed E-state index contributed by atoms with van der Waals surface area (Å²) in [6.07, 6.45) is -0.432. The van der Waals surface area contributed by atoms with Gasteiger partial charge in [-0.25, -0.2) is 0 Å². The molecule has 1 heterocycles. The predicted molar refractivity (Wildman–Crippen MR) is 89.3 cm³/mol. The molecule has 0 aromatic heterocycles. The van der Waals surface area contributed by atoms with Crippen LogP contribution >= 0.6 is 0 Å². The van der Waals surface area contributed by atoms with E-state index in [1.165, 1.54) is 0 Å². The van der Waals surface area contributed by atoms with Gasteiger partial charge in [-0.15, -0.1) is 0 Å². The third-order valence-corrected chi connectivity index (χ3v) is 4.04. The van der Waals surface area contributed by atoms with Crippen LogP contribution in [0.4, 0.5) is 0 Å². The van der Waals surface area contributed by atoms with Crippen LogP contribution in [-0.2, 0) is 23.8 Å². The van der Waals surface area contributed by atoms with Crippen molar-refractivity contribution < 1.29 is 28.9 Å². The number of esters is 1. The average Bonchev–Trinajstić information content (AvgIpc) is 2.89. The summed E-state index contributed by atoms with van der Waals surface area (Å²) < 4.78 is 16.7. The van der Waals surface area contributed by atoms with Crippen molar-refractivity contribution in [1.82, 2.24) is 0 Å². The highest BCUT2D eigenvalue weighted by atomic mass is 16.7. The lowest BCUT2D eigenvalue weighted by molar-refractivity contribution is -0.200. The van der Waals surface area contributed by atoms with Gasteiger partial charge in [-0.3, -0.25) is 9.59 Å². The number of ether oxygens (including phenoxy) is 3. The van der Waals surface area contributed by atoms with Crippen LogP contribution in [0.15, 0.2) is 0 Å². The maximum Gasteiger partial charge on any atom is 0.311 e. The number of aliphatic hydroxyl groups excluding tert-OH is 1. The Morgan fingerprint density at radius 1 is 1.21 bits per heavy atom. The number of Topliss-reactive ketones (excluding diaryl/α,β-unsaturated/α-hetero) is 1. The fourth-order valence-electron chi connectivity index (χ4n) is 2.87. The van der Waals surface area contributed by atoms with Gasteiger partial charge in [0.2, 0.25) is 0 Å². The van der Waals surface area contributed by atoms with E-state index in [1.807, 2.05) is 13.8 Å². The summed E-state index contributed by atoms with van der Waals surface area (Å²) in [5, 5.41) is 10.4. The maximum absolute atomic E-state index is 12.3. The Bertz CT molecular complexity index is 431. The van der Waals surface area contributed by atoms with Crippen LogP contribution in [0.25, 0.3) is 0 Å². The van der Waals surface area contributed by atoms with Crippen molar-refractivity contribution in [3.63, 3.8) is 0 Å². The highest BCUT2D eigenvalue weighted by molar-refractivity contribution is 5.81. The van der Waals surface area contributed by atoms with E-state index in [0.717, 1.165) is 0 Å². The van der Waals surface area contributed by atoms with E-state index in [9.17, 15) is 14.7 Å². The third-order valence-electron chi connectivity index (χ3n) is 4.04. The molecule has 0 aromatic carbocycles. The van der Waals surface area contributed by atoms with Crippen LogP contribution in [0.5, 0.6) is 0 Å². The average molecular weight is 344 g/mol. The molecule has 24 heavy (non-hydrogen) atoms. The lowest BCUT2D eigenvalue weighted by atomic mass is 9.83. The summed E-state index contributed by atoms with van der Waals surface area (Å²) in [4.78, 5) is 24.5. The maximum atomic E-state index is 12.3. The molecule has 1 aliphatic rings. The van der Waals surface area contributed by atoms with E-state index < -0.39 is 29.4 Å². The molecular formula is C18H32O6. The van der Waals surface area contributed by atoms with E-state index >= 15 is 0 Å². The molecule has 0 unspecified atom stereocenters. The lowest BCUT2D eigenvalue weighted by Crippen LogP contribution is -2.43. The molecule has 0 aromatic rings. The number of carbonyl (C=O) groups is 2. The summed E-state index contributed by atoms with van der Waals surface area (Å²) in [7, 11) is 0. The second-order valence-electron chi connectivity index (χ2n) is 7.74. The SMILES string of the molecule is CCC(=O)[C@@H](CC1(CC(=O)OC(C)(C)C)OCCO1)[C@@H](O)C(C)C. The quantitative estimate of drug-likeness (QED) is 0.681. The first-order valence-corrected chi connectivity index (χ1v) is 8.70. The number of ketones is 1. The molecule has 2 atom stereocenters. The van der Waals surface area contributed by atoms with Crippen LogP contribution in [0, 0.1) is 11.8 Å². The minimum Gasteiger partial charge on any atom is -0.460 e. The molecule has 1 saturated heterocycles. The van der Waals surface area contributed by atoms with E-state index in [2.05, 4.69) is 0 Å². The minimum atomic E-state index is -1.20. The molecule has 0 amide bonds. The summed E-state index contributed by atoms with van der Waals surface area (Å²) in [5.74, 6) is -2.40. The fraction of sp³-hybridized carbons (Fsp3) is 0.889. The van der Waals surface area contributed by atoms with Crippen molar-refractivity contribution in [2.24, 2.45) is 11.8 Å². The van der Waals surface area contributed by atoms with Gasteiger partial charge >= 0.3 is 5.97 Å². The van der Waals surface area contributed by atoms with Crippen LogP contribution in [-0.4, -0.2) is 47.6 Å². The van der Waals surface area contributed by atoms with Crippen LogP contribution < -0.4 is 0 Å². The molecule has 0 saturated carbocycles. The molecule has 1 rings (SSSR count). The zero-order valence-electron chi connectivity index (χ0n) is 15.8. The summed E-state index contributed by atoms with van der Waals surface area (Å²) in [6.45, 7) is 11.6. The number of carbonyl (C=O) groups excluding carboxylic acids is 2. The van der Waals surface area contributed by atoms with Gasteiger partial charge in [-0.2, -0.15) is 0 Å². The van der Waals surface area contributed by atoms with Crippen LogP contribution in [0.1, 0.15) is 60.8 Å². The number of aliphatic hydroxyl groups is 1. The van der Waals surface area contributed by atoms with Crippen LogP contribution in [0.3, 0.4) is 0 Å². The van der Waals surface area contributed by atoms with Gasteiger partial charge in [0.25, 0.3) is 0 Å². The Morgan fingerprint density at radius 2 is 1.75 bits per heavy atom. The first kappa shape index (κ1) is 21.1. The Morgan fingerprint density at radius 3 is 2.17 bits per heavy atom. The predicted octanol–water partition coefficient (Wildman–Crippen LogP) is 2.46.